The third-order valence-electron chi connectivity index (χ3n) is 3.55. The first kappa shape index (κ1) is 17.3. The molecule has 0 saturated heterocycles. The second kappa shape index (κ2) is 7.33. The van der Waals surface area contributed by atoms with Gasteiger partial charge in [-0.15, -0.1) is 0 Å². The molecule has 1 N–H and O–H groups in total. The topological polar surface area (TPSA) is 63.2 Å². The van der Waals surface area contributed by atoms with E-state index in [4.69, 9.17) is 0 Å². The molecule has 0 aromatic heterocycles. The van der Waals surface area contributed by atoms with Crippen LogP contribution in [0.4, 0.5) is 0 Å². The molecule has 1 aromatic carbocycles. The molecule has 1 rings (SSSR count). The van der Waals surface area contributed by atoms with Crippen molar-refractivity contribution in [3.8, 4) is 0 Å². The van der Waals surface area contributed by atoms with E-state index in [1.165, 1.54) is 18.4 Å². The number of nitrogens with one attached hydrogen (secondary N) is 1. The smallest absolute Gasteiger partial charge is 0.175 e. The Morgan fingerprint density at radius 1 is 1.25 bits per heavy atom. The molecule has 0 spiro atoms. The zero-order chi connectivity index (χ0) is 15.3. The highest BCUT2D eigenvalue weighted by Gasteiger charge is 2.18. The Hall–Kier alpha value is -0.720. The van der Waals surface area contributed by atoms with Crippen LogP contribution < -0.4 is 5.32 Å². The maximum atomic E-state index is 12.3. The molecule has 0 aliphatic rings. The number of hydrogen-bond donors (Lipinski definition) is 1. The molecule has 114 valence electrons. The molecule has 0 saturated carbocycles. The lowest BCUT2D eigenvalue weighted by molar-refractivity contribution is 0.418. The van der Waals surface area contributed by atoms with Crippen LogP contribution in [0.3, 0.4) is 0 Å². The number of sulfone groups is 1. The first-order chi connectivity index (χ1) is 9.29. The molecule has 3 atom stereocenters. The Bertz CT molecular complexity index is 552. The minimum absolute atomic E-state index is 0.190. The highest BCUT2D eigenvalue weighted by Crippen LogP contribution is 2.16. The molecule has 0 radical (unpaired) electrons. The van der Waals surface area contributed by atoms with Crippen LogP contribution >= 0.6 is 0 Å². The Morgan fingerprint density at radius 2 is 1.80 bits per heavy atom. The van der Waals surface area contributed by atoms with E-state index in [1.807, 2.05) is 7.05 Å². The molecule has 0 aliphatic heterocycles. The minimum atomic E-state index is -3.20. The van der Waals surface area contributed by atoms with Gasteiger partial charge in [0.25, 0.3) is 0 Å². The summed E-state index contributed by atoms with van der Waals surface area (Å²) in [6.45, 7) is 4.24. The van der Waals surface area contributed by atoms with Crippen molar-refractivity contribution in [2.45, 2.75) is 36.1 Å². The van der Waals surface area contributed by atoms with Crippen LogP contribution in [0.25, 0.3) is 0 Å². The molecular weight excluding hydrogens is 294 g/mol. The molecule has 4 nitrogen and oxygen atoms in total. The fourth-order valence-electron chi connectivity index (χ4n) is 1.91. The third-order valence-corrected chi connectivity index (χ3v) is 6.14. The van der Waals surface area contributed by atoms with Crippen molar-refractivity contribution in [2.75, 3.05) is 19.1 Å². The van der Waals surface area contributed by atoms with Crippen molar-refractivity contribution in [3.63, 3.8) is 0 Å². The highest BCUT2D eigenvalue weighted by atomic mass is 32.2. The van der Waals surface area contributed by atoms with E-state index in [9.17, 15) is 12.6 Å². The Balaban J connectivity index is 2.83. The zero-order valence-corrected chi connectivity index (χ0v) is 14.1. The van der Waals surface area contributed by atoms with Gasteiger partial charge in [-0.1, -0.05) is 20.3 Å². The standard InChI is InChI=1S/C14H23NO3S2/c1-5-11(2)14(15-3)10-19(16)12-6-8-13(9-7-12)20(4,17)18/h6-9,11,14-15H,5,10H2,1-4H3. The van der Waals surface area contributed by atoms with Crippen LogP contribution in [0, 0.1) is 5.92 Å². The first-order valence-corrected chi connectivity index (χ1v) is 9.86. The van der Waals surface area contributed by atoms with Crippen molar-refractivity contribution >= 4 is 20.6 Å². The van der Waals surface area contributed by atoms with Gasteiger partial charge in [0.15, 0.2) is 9.84 Å². The van der Waals surface area contributed by atoms with Gasteiger partial charge in [0, 0.05) is 22.9 Å². The summed E-state index contributed by atoms with van der Waals surface area (Å²) < 4.78 is 35.1. The summed E-state index contributed by atoms with van der Waals surface area (Å²) in [7, 11) is -2.45. The highest BCUT2D eigenvalue weighted by molar-refractivity contribution is 7.90. The summed E-state index contributed by atoms with van der Waals surface area (Å²) in [6.07, 6.45) is 2.19. The first-order valence-electron chi connectivity index (χ1n) is 6.65. The fraction of sp³-hybridized carbons (Fsp3) is 0.571. The van der Waals surface area contributed by atoms with E-state index >= 15 is 0 Å². The second-order valence-electron chi connectivity index (χ2n) is 5.04. The molecule has 0 aliphatic carbocycles. The molecule has 0 fully saturated rings. The van der Waals surface area contributed by atoms with Crippen LogP contribution in [0.5, 0.6) is 0 Å². The third kappa shape index (κ3) is 4.68. The number of rotatable bonds is 7. The van der Waals surface area contributed by atoms with E-state index in [1.54, 1.807) is 12.1 Å². The van der Waals surface area contributed by atoms with Crippen molar-refractivity contribution in [2.24, 2.45) is 5.92 Å². The normalized spacial score (nSPS) is 16.6. The molecule has 1 aromatic rings. The number of hydrogen-bond acceptors (Lipinski definition) is 4. The molecular formula is C14H23NO3S2. The van der Waals surface area contributed by atoms with Crippen molar-refractivity contribution in [3.05, 3.63) is 24.3 Å². The average molecular weight is 317 g/mol. The lowest BCUT2D eigenvalue weighted by Crippen LogP contribution is -2.36. The lowest BCUT2D eigenvalue weighted by Gasteiger charge is -2.21. The maximum Gasteiger partial charge on any atom is 0.175 e. The van der Waals surface area contributed by atoms with Crippen LogP contribution in [0.2, 0.25) is 0 Å². The predicted octanol–water partition coefficient (Wildman–Crippen LogP) is 1.83. The SMILES string of the molecule is CCC(C)C(CS(=O)c1ccc(S(C)(=O)=O)cc1)NC. The predicted molar refractivity (Wildman–Crippen MR) is 83.1 cm³/mol. The minimum Gasteiger partial charge on any atom is -0.316 e. The van der Waals surface area contributed by atoms with Crippen molar-refractivity contribution in [1.29, 1.82) is 0 Å². The summed E-state index contributed by atoms with van der Waals surface area (Å²) in [5, 5.41) is 3.20. The van der Waals surface area contributed by atoms with Gasteiger partial charge in [0.2, 0.25) is 0 Å². The Morgan fingerprint density at radius 3 is 2.20 bits per heavy atom. The van der Waals surface area contributed by atoms with Gasteiger partial charge in [-0.05, 0) is 37.2 Å². The van der Waals surface area contributed by atoms with Gasteiger partial charge < -0.3 is 5.32 Å². The monoisotopic (exact) mass is 317 g/mol. The maximum absolute atomic E-state index is 12.3. The van der Waals surface area contributed by atoms with E-state index in [2.05, 4.69) is 19.2 Å². The largest absolute Gasteiger partial charge is 0.316 e. The molecule has 6 heteroatoms. The number of benzene rings is 1. The summed E-state index contributed by atoms with van der Waals surface area (Å²) in [4.78, 5) is 0.922. The molecule has 3 unspecified atom stereocenters. The van der Waals surface area contributed by atoms with Gasteiger partial charge >= 0.3 is 0 Å². The van der Waals surface area contributed by atoms with Crippen LogP contribution in [0.1, 0.15) is 20.3 Å². The van der Waals surface area contributed by atoms with Crippen LogP contribution in [0.15, 0.2) is 34.1 Å². The average Bonchev–Trinajstić information content (AvgIpc) is 2.42. The molecule has 0 heterocycles. The van der Waals surface area contributed by atoms with Crippen molar-refractivity contribution in [1.82, 2.24) is 5.32 Å². The van der Waals surface area contributed by atoms with E-state index in [0.717, 1.165) is 6.42 Å². The molecule has 20 heavy (non-hydrogen) atoms. The van der Waals surface area contributed by atoms with Crippen LogP contribution in [-0.4, -0.2) is 37.7 Å². The van der Waals surface area contributed by atoms with E-state index in [-0.39, 0.29) is 10.9 Å². The molecule has 0 amide bonds. The quantitative estimate of drug-likeness (QED) is 0.833. The summed E-state index contributed by atoms with van der Waals surface area (Å²) in [5.74, 6) is 0.975. The van der Waals surface area contributed by atoms with Crippen LogP contribution in [-0.2, 0) is 20.6 Å². The Kier molecular flexibility index (Phi) is 6.36. The zero-order valence-electron chi connectivity index (χ0n) is 12.4. The van der Waals surface area contributed by atoms with Crippen molar-refractivity contribution < 1.29 is 12.6 Å². The summed E-state index contributed by atoms with van der Waals surface area (Å²) in [6, 6.07) is 6.49. The van der Waals surface area contributed by atoms with Gasteiger partial charge in [0.1, 0.15) is 0 Å². The summed E-state index contributed by atoms with van der Waals surface area (Å²) >= 11 is 0. The second-order valence-corrected chi connectivity index (χ2v) is 8.55. The van der Waals surface area contributed by atoms with E-state index < -0.39 is 20.6 Å². The Labute approximate surface area is 124 Å². The fourth-order valence-corrected chi connectivity index (χ4v) is 4.00. The van der Waals surface area contributed by atoms with Gasteiger partial charge in [-0.2, -0.15) is 0 Å². The lowest BCUT2D eigenvalue weighted by atomic mass is 10.0. The van der Waals surface area contributed by atoms with E-state index in [0.29, 0.717) is 16.6 Å². The summed E-state index contributed by atoms with van der Waals surface area (Å²) in [5.41, 5.74) is 0. The van der Waals surface area contributed by atoms with Gasteiger partial charge in [-0.3, -0.25) is 4.21 Å². The van der Waals surface area contributed by atoms with Gasteiger partial charge in [0.05, 0.1) is 15.7 Å². The molecule has 0 bridgehead atoms. The van der Waals surface area contributed by atoms with Gasteiger partial charge in [-0.25, -0.2) is 8.42 Å².